The summed E-state index contributed by atoms with van der Waals surface area (Å²) in [6.07, 6.45) is 4.00. The van der Waals surface area contributed by atoms with Crippen molar-refractivity contribution in [3.63, 3.8) is 0 Å². The van der Waals surface area contributed by atoms with E-state index >= 15 is 0 Å². The molecule has 1 saturated carbocycles. The Bertz CT molecular complexity index is 411. The molecule has 1 aromatic carbocycles. The third-order valence-electron chi connectivity index (χ3n) is 3.92. The molecule has 2 rings (SSSR count). The average Bonchev–Trinajstić information content (AvgIpc) is 2.39. The van der Waals surface area contributed by atoms with Crippen molar-refractivity contribution in [1.82, 2.24) is 0 Å². The molecule has 0 saturated heterocycles. The Balaban J connectivity index is 2.20. The molecule has 0 heterocycles. The molecule has 1 aliphatic rings. The van der Waals surface area contributed by atoms with Gasteiger partial charge in [-0.25, -0.2) is 0 Å². The van der Waals surface area contributed by atoms with E-state index in [4.69, 9.17) is 0 Å². The average molecular weight is 247 g/mol. The maximum absolute atomic E-state index is 11.3. The van der Waals surface area contributed by atoms with Crippen LogP contribution in [0.4, 0.5) is 5.69 Å². The largest absolute Gasteiger partial charge is 0.481 e. The van der Waals surface area contributed by atoms with Crippen molar-refractivity contribution < 1.29 is 9.90 Å². The molecule has 0 radical (unpaired) electrons. The zero-order valence-corrected chi connectivity index (χ0v) is 11.1. The number of carbonyl (C=O) groups is 1. The van der Waals surface area contributed by atoms with Crippen molar-refractivity contribution in [2.45, 2.75) is 31.6 Å². The summed E-state index contributed by atoms with van der Waals surface area (Å²) in [4.78, 5) is 13.4. The van der Waals surface area contributed by atoms with E-state index < -0.39 is 5.97 Å². The summed E-state index contributed by atoms with van der Waals surface area (Å²) in [5.41, 5.74) is 2.33. The molecule has 3 nitrogen and oxygen atoms in total. The molecule has 1 fully saturated rings. The normalized spacial score (nSPS) is 23.7. The predicted octanol–water partition coefficient (Wildman–Crippen LogP) is 3.11. The van der Waals surface area contributed by atoms with Gasteiger partial charge in [-0.3, -0.25) is 4.79 Å². The zero-order valence-electron chi connectivity index (χ0n) is 11.1. The highest BCUT2D eigenvalue weighted by molar-refractivity contribution is 5.71. The number of hydrogen-bond donors (Lipinski definition) is 1. The lowest BCUT2D eigenvalue weighted by Crippen LogP contribution is -2.25. The number of benzene rings is 1. The number of anilines is 1. The minimum atomic E-state index is -0.642. The summed E-state index contributed by atoms with van der Waals surface area (Å²) in [5.74, 6) is -0.659. The third kappa shape index (κ3) is 2.66. The fraction of sp³-hybridized carbons (Fsp3) is 0.533. The van der Waals surface area contributed by atoms with Gasteiger partial charge in [0.2, 0.25) is 0 Å². The van der Waals surface area contributed by atoms with Crippen molar-refractivity contribution >= 4 is 11.7 Å². The van der Waals surface area contributed by atoms with Gasteiger partial charge >= 0.3 is 5.97 Å². The molecule has 2 unspecified atom stereocenters. The van der Waals surface area contributed by atoms with Crippen LogP contribution < -0.4 is 4.90 Å². The van der Waals surface area contributed by atoms with Crippen LogP contribution in [0.25, 0.3) is 0 Å². The molecule has 0 aliphatic heterocycles. The van der Waals surface area contributed by atoms with E-state index in [-0.39, 0.29) is 11.8 Å². The Hall–Kier alpha value is -1.51. The fourth-order valence-electron chi connectivity index (χ4n) is 2.85. The van der Waals surface area contributed by atoms with Gasteiger partial charge in [0.15, 0.2) is 0 Å². The highest BCUT2D eigenvalue weighted by Gasteiger charge is 2.31. The second-order valence-electron chi connectivity index (χ2n) is 5.32. The molecule has 2 atom stereocenters. The maximum Gasteiger partial charge on any atom is 0.307 e. The van der Waals surface area contributed by atoms with Crippen molar-refractivity contribution in [3.8, 4) is 0 Å². The monoisotopic (exact) mass is 247 g/mol. The van der Waals surface area contributed by atoms with E-state index in [1.54, 1.807) is 0 Å². The van der Waals surface area contributed by atoms with Gasteiger partial charge in [0.25, 0.3) is 0 Å². The van der Waals surface area contributed by atoms with Crippen LogP contribution in [-0.4, -0.2) is 25.2 Å². The quantitative estimate of drug-likeness (QED) is 0.892. The lowest BCUT2D eigenvalue weighted by atomic mass is 9.75. The summed E-state index contributed by atoms with van der Waals surface area (Å²) < 4.78 is 0. The first-order valence-electron chi connectivity index (χ1n) is 6.59. The second-order valence-corrected chi connectivity index (χ2v) is 5.32. The molecular weight excluding hydrogens is 226 g/mol. The Kier molecular flexibility index (Phi) is 3.90. The Morgan fingerprint density at radius 3 is 2.33 bits per heavy atom. The molecule has 98 valence electrons. The highest BCUT2D eigenvalue weighted by atomic mass is 16.4. The van der Waals surface area contributed by atoms with Crippen LogP contribution in [0, 0.1) is 5.92 Å². The molecule has 1 N–H and O–H groups in total. The lowest BCUT2D eigenvalue weighted by Gasteiger charge is -2.29. The Morgan fingerprint density at radius 1 is 1.17 bits per heavy atom. The maximum atomic E-state index is 11.3. The Morgan fingerprint density at radius 2 is 1.78 bits per heavy atom. The summed E-state index contributed by atoms with van der Waals surface area (Å²) in [5, 5.41) is 9.30. The van der Waals surface area contributed by atoms with E-state index in [1.807, 2.05) is 14.1 Å². The van der Waals surface area contributed by atoms with Gasteiger partial charge in [-0.15, -0.1) is 0 Å². The minimum Gasteiger partial charge on any atom is -0.481 e. The summed E-state index contributed by atoms with van der Waals surface area (Å²) >= 11 is 0. The molecule has 0 aromatic heterocycles. The molecule has 0 amide bonds. The number of carboxylic acids is 1. The number of hydrogen-bond acceptors (Lipinski definition) is 2. The topological polar surface area (TPSA) is 40.5 Å². The van der Waals surface area contributed by atoms with Crippen LogP contribution in [0.15, 0.2) is 24.3 Å². The van der Waals surface area contributed by atoms with E-state index in [1.165, 1.54) is 5.56 Å². The van der Waals surface area contributed by atoms with Crippen LogP contribution in [0.5, 0.6) is 0 Å². The summed E-state index contributed by atoms with van der Waals surface area (Å²) in [6, 6.07) is 8.31. The van der Waals surface area contributed by atoms with Crippen molar-refractivity contribution in [2.24, 2.45) is 5.92 Å². The molecule has 0 spiro atoms. The molecule has 3 heteroatoms. The number of nitrogens with zero attached hydrogens (tertiary/aromatic N) is 1. The second kappa shape index (κ2) is 5.42. The molecular formula is C15H21NO2. The van der Waals surface area contributed by atoms with Gasteiger partial charge < -0.3 is 10.0 Å². The van der Waals surface area contributed by atoms with Crippen molar-refractivity contribution in [2.75, 3.05) is 19.0 Å². The summed E-state index contributed by atoms with van der Waals surface area (Å²) in [7, 11) is 4.02. The van der Waals surface area contributed by atoms with Crippen LogP contribution in [0.2, 0.25) is 0 Å². The standard InChI is InChI=1S/C15H21NO2/c1-16(2)12-9-7-11(8-10-12)13-5-3-4-6-14(13)15(17)18/h7-10,13-14H,3-6H2,1-2H3,(H,17,18). The van der Waals surface area contributed by atoms with Crippen LogP contribution in [-0.2, 0) is 4.79 Å². The minimum absolute atomic E-state index is 0.187. The van der Waals surface area contributed by atoms with E-state index in [2.05, 4.69) is 29.2 Å². The van der Waals surface area contributed by atoms with Crippen molar-refractivity contribution in [1.29, 1.82) is 0 Å². The summed E-state index contributed by atoms with van der Waals surface area (Å²) in [6.45, 7) is 0. The fourth-order valence-corrected chi connectivity index (χ4v) is 2.85. The smallest absolute Gasteiger partial charge is 0.307 e. The first-order valence-corrected chi connectivity index (χ1v) is 6.59. The third-order valence-corrected chi connectivity index (χ3v) is 3.92. The van der Waals surface area contributed by atoms with Gasteiger partial charge in [0, 0.05) is 19.8 Å². The van der Waals surface area contributed by atoms with Crippen LogP contribution >= 0.6 is 0 Å². The Labute approximate surface area is 108 Å². The first kappa shape index (κ1) is 12.9. The highest BCUT2D eigenvalue weighted by Crippen LogP contribution is 2.38. The predicted molar refractivity (Wildman–Crippen MR) is 73.1 cm³/mol. The van der Waals surface area contributed by atoms with E-state index in [9.17, 15) is 9.90 Å². The molecule has 0 bridgehead atoms. The van der Waals surface area contributed by atoms with Gasteiger partial charge in [-0.2, -0.15) is 0 Å². The van der Waals surface area contributed by atoms with Gasteiger partial charge in [0.1, 0.15) is 0 Å². The van der Waals surface area contributed by atoms with Crippen LogP contribution in [0.1, 0.15) is 37.2 Å². The first-order chi connectivity index (χ1) is 8.59. The number of aliphatic carboxylic acids is 1. The number of rotatable bonds is 3. The van der Waals surface area contributed by atoms with E-state index in [0.29, 0.717) is 0 Å². The zero-order chi connectivity index (χ0) is 13.1. The molecule has 1 aliphatic carbocycles. The molecule has 18 heavy (non-hydrogen) atoms. The van der Waals surface area contributed by atoms with Gasteiger partial charge in [0.05, 0.1) is 5.92 Å². The van der Waals surface area contributed by atoms with Crippen molar-refractivity contribution in [3.05, 3.63) is 29.8 Å². The van der Waals surface area contributed by atoms with E-state index in [0.717, 1.165) is 31.4 Å². The van der Waals surface area contributed by atoms with Gasteiger partial charge in [-0.05, 0) is 36.5 Å². The molecule has 1 aromatic rings. The number of carboxylic acid groups (broad SMARTS) is 1. The SMILES string of the molecule is CN(C)c1ccc(C2CCCCC2C(=O)O)cc1. The van der Waals surface area contributed by atoms with Gasteiger partial charge in [-0.1, -0.05) is 25.0 Å². The van der Waals surface area contributed by atoms with Crippen LogP contribution in [0.3, 0.4) is 0 Å². The lowest BCUT2D eigenvalue weighted by molar-refractivity contribution is -0.143.